The summed E-state index contributed by atoms with van der Waals surface area (Å²) in [5.74, 6) is 0.281. The molecule has 7 heteroatoms. The molecule has 2 rings (SSSR count). The van der Waals surface area contributed by atoms with E-state index in [1.165, 1.54) is 10.8 Å². The monoisotopic (exact) mass is 297 g/mol. The molecule has 2 aromatic rings. The van der Waals surface area contributed by atoms with Gasteiger partial charge in [-0.3, -0.25) is 9.40 Å². The third-order valence-corrected chi connectivity index (χ3v) is 3.51. The first-order chi connectivity index (χ1) is 8.94. The molecule has 0 spiro atoms. The van der Waals surface area contributed by atoms with Gasteiger partial charge in [-0.15, -0.1) is 0 Å². The van der Waals surface area contributed by atoms with Crippen molar-refractivity contribution >= 4 is 33.5 Å². The standard InChI is InChI=1S/C12H12ClN3O2S/c1-16-8-6-12(14-16)15-19(17,18)9-7-10-2-4-11(13)5-3-10/h2-9H,1H3,(H,14,15). The van der Waals surface area contributed by atoms with Gasteiger partial charge in [-0.2, -0.15) is 5.10 Å². The Kier molecular flexibility index (Phi) is 3.92. The quantitative estimate of drug-likeness (QED) is 0.943. The molecule has 5 nitrogen and oxygen atoms in total. The number of aryl methyl sites for hydroxylation is 1. The topological polar surface area (TPSA) is 64.0 Å². The molecule has 0 atom stereocenters. The molecule has 0 radical (unpaired) electrons. The third kappa shape index (κ3) is 4.11. The van der Waals surface area contributed by atoms with Crippen LogP contribution in [0.4, 0.5) is 5.82 Å². The normalized spacial score (nSPS) is 11.9. The lowest BCUT2D eigenvalue weighted by Gasteiger charge is -2.00. The van der Waals surface area contributed by atoms with Crippen LogP contribution in [0.15, 0.2) is 41.9 Å². The molecule has 0 bridgehead atoms. The molecule has 1 N–H and O–H groups in total. The van der Waals surface area contributed by atoms with Crippen LogP contribution in [0.2, 0.25) is 5.02 Å². The molecule has 0 saturated carbocycles. The lowest BCUT2D eigenvalue weighted by atomic mass is 10.2. The highest BCUT2D eigenvalue weighted by Gasteiger charge is 2.07. The predicted molar refractivity (Wildman–Crippen MR) is 76.2 cm³/mol. The number of benzene rings is 1. The van der Waals surface area contributed by atoms with Gasteiger partial charge in [0.1, 0.15) is 0 Å². The van der Waals surface area contributed by atoms with Crippen molar-refractivity contribution in [3.8, 4) is 0 Å². The molecular formula is C12H12ClN3O2S. The van der Waals surface area contributed by atoms with Crippen molar-refractivity contribution in [1.82, 2.24) is 9.78 Å². The van der Waals surface area contributed by atoms with Gasteiger partial charge in [0, 0.05) is 24.3 Å². The molecule has 0 fully saturated rings. The number of nitrogens with one attached hydrogen (secondary N) is 1. The van der Waals surface area contributed by atoms with Gasteiger partial charge in [-0.25, -0.2) is 8.42 Å². The number of hydrogen-bond donors (Lipinski definition) is 1. The average molecular weight is 298 g/mol. The number of anilines is 1. The molecule has 19 heavy (non-hydrogen) atoms. The van der Waals surface area contributed by atoms with Crippen LogP contribution in [-0.2, 0) is 17.1 Å². The highest BCUT2D eigenvalue weighted by Crippen LogP contribution is 2.12. The van der Waals surface area contributed by atoms with Gasteiger partial charge in [0.25, 0.3) is 10.0 Å². The van der Waals surface area contributed by atoms with Crippen molar-refractivity contribution in [1.29, 1.82) is 0 Å². The fourth-order valence-corrected chi connectivity index (χ4v) is 2.32. The maximum absolute atomic E-state index is 11.8. The second kappa shape index (κ2) is 5.46. The summed E-state index contributed by atoms with van der Waals surface area (Å²) in [6.07, 6.45) is 3.14. The van der Waals surface area contributed by atoms with E-state index in [0.717, 1.165) is 11.0 Å². The van der Waals surface area contributed by atoms with Crippen LogP contribution >= 0.6 is 11.6 Å². The molecule has 0 aliphatic heterocycles. The molecule has 1 aromatic heterocycles. The van der Waals surface area contributed by atoms with E-state index in [-0.39, 0.29) is 5.82 Å². The molecule has 1 aromatic carbocycles. The smallest absolute Gasteiger partial charge is 0.256 e. The zero-order chi connectivity index (χ0) is 13.9. The first kappa shape index (κ1) is 13.6. The first-order valence-corrected chi connectivity index (χ1v) is 7.33. The lowest BCUT2D eigenvalue weighted by molar-refractivity contribution is 0.609. The van der Waals surface area contributed by atoms with Crippen LogP contribution in [0.1, 0.15) is 5.56 Å². The summed E-state index contributed by atoms with van der Waals surface area (Å²) in [7, 11) is -1.86. The number of nitrogens with zero attached hydrogens (tertiary/aromatic N) is 2. The van der Waals surface area contributed by atoms with Crippen molar-refractivity contribution < 1.29 is 8.42 Å². The van der Waals surface area contributed by atoms with Gasteiger partial charge in [0.2, 0.25) is 0 Å². The van der Waals surface area contributed by atoms with Crippen LogP contribution in [-0.4, -0.2) is 18.2 Å². The summed E-state index contributed by atoms with van der Waals surface area (Å²) in [6.45, 7) is 0. The minimum Gasteiger partial charge on any atom is -0.274 e. The molecule has 1 heterocycles. The molecule has 0 aliphatic carbocycles. The highest BCUT2D eigenvalue weighted by atomic mass is 35.5. The molecule has 0 unspecified atom stereocenters. The summed E-state index contributed by atoms with van der Waals surface area (Å²) in [4.78, 5) is 0. The van der Waals surface area contributed by atoms with Crippen LogP contribution < -0.4 is 4.72 Å². The van der Waals surface area contributed by atoms with Crippen molar-refractivity contribution in [2.24, 2.45) is 7.05 Å². The van der Waals surface area contributed by atoms with Crippen LogP contribution in [0, 0.1) is 0 Å². The number of hydrogen-bond acceptors (Lipinski definition) is 3. The Bertz CT molecular complexity index is 690. The second-order valence-corrected chi connectivity index (χ2v) is 5.88. The van der Waals surface area contributed by atoms with Gasteiger partial charge in [0.05, 0.1) is 5.41 Å². The summed E-state index contributed by atoms with van der Waals surface area (Å²) >= 11 is 5.75. The van der Waals surface area contributed by atoms with E-state index in [1.54, 1.807) is 43.6 Å². The van der Waals surface area contributed by atoms with E-state index in [0.29, 0.717) is 5.02 Å². The Morgan fingerprint density at radius 2 is 1.95 bits per heavy atom. The van der Waals surface area contributed by atoms with Crippen molar-refractivity contribution in [2.45, 2.75) is 0 Å². The van der Waals surface area contributed by atoms with Crippen LogP contribution in [0.5, 0.6) is 0 Å². The van der Waals surface area contributed by atoms with Gasteiger partial charge in [0.15, 0.2) is 5.82 Å². The third-order valence-electron chi connectivity index (χ3n) is 2.27. The number of rotatable bonds is 4. The molecule has 100 valence electrons. The first-order valence-electron chi connectivity index (χ1n) is 5.41. The van der Waals surface area contributed by atoms with Gasteiger partial charge >= 0.3 is 0 Å². The minimum atomic E-state index is -3.57. The van der Waals surface area contributed by atoms with Gasteiger partial charge in [-0.05, 0) is 23.8 Å². The van der Waals surface area contributed by atoms with Gasteiger partial charge in [-0.1, -0.05) is 23.7 Å². The fraction of sp³-hybridized carbons (Fsp3) is 0.0833. The Labute approximate surface area is 116 Å². The molecular weight excluding hydrogens is 286 g/mol. The summed E-state index contributed by atoms with van der Waals surface area (Å²) < 4.78 is 27.4. The summed E-state index contributed by atoms with van der Waals surface area (Å²) in [5, 5.41) is 5.63. The Morgan fingerprint density at radius 3 is 2.53 bits per heavy atom. The van der Waals surface area contributed by atoms with E-state index in [9.17, 15) is 8.42 Å². The Morgan fingerprint density at radius 1 is 1.26 bits per heavy atom. The molecule has 0 aliphatic rings. The zero-order valence-corrected chi connectivity index (χ0v) is 11.7. The maximum Gasteiger partial charge on any atom is 0.256 e. The summed E-state index contributed by atoms with van der Waals surface area (Å²) in [5.41, 5.74) is 0.746. The predicted octanol–water partition coefficient (Wildman–Crippen LogP) is 2.49. The number of aromatic nitrogens is 2. The van der Waals surface area contributed by atoms with Crippen molar-refractivity contribution in [3.05, 3.63) is 52.5 Å². The van der Waals surface area contributed by atoms with Crippen LogP contribution in [0.25, 0.3) is 6.08 Å². The maximum atomic E-state index is 11.8. The van der Waals surface area contributed by atoms with E-state index < -0.39 is 10.0 Å². The molecule has 0 amide bonds. The Balaban J connectivity index is 2.10. The highest BCUT2D eigenvalue weighted by molar-refractivity contribution is 7.95. The van der Waals surface area contributed by atoms with Crippen molar-refractivity contribution in [2.75, 3.05) is 4.72 Å². The zero-order valence-electron chi connectivity index (χ0n) is 10.1. The fourth-order valence-electron chi connectivity index (χ4n) is 1.39. The van der Waals surface area contributed by atoms with E-state index in [2.05, 4.69) is 9.82 Å². The lowest BCUT2D eigenvalue weighted by Crippen LogP contribution is -2.09. The van der Waals surface area contributed by atoms with Crippen molar-refractivity contribution in [3.63, 3.8) is 0 Å². The average Bonchev–Trinajstić information content (AvgIpc) is 2.73. The van der Waals surface area contributed by atoms with Crippen LogP contribution in [0.3, 0.4) is 0 Å². The Hall–Kier alpha value is -1.79. The summed E-state index contributed by atoms with van der Waals surface area (Å²) in [6, 6.07) is 8.43. The number of halogens is 1. The van der Waals surface area contributed by atoms with Gasteiger partial charge < -0.3 is 0 Å². The van der Waals surface area contributed by atoms with E-state index >= 15 is 0 Å². The largest absolute Gasteiger partial charge is 0.274 e. The van der Waals surface area contributed by atoms with E-state index in [4.69, 9.17) is 11.6 Å². The minimum absolute atomic E-state index is 0.281. The second-order valence-electron chi connectivity index (χ2n) is 3.88. The molecule has 0 saturated heterocycles. The number of sulfonamides is 1. The SMILES string of the molecule is Cn1ccc(NS(=O)(=O)C=Cc2ccc(Cl)cc2)n1. The van der Waals surface area contributed by atoms with E-state index in [1.807, 2.05) is 0 Å².